The molecule has 1 aromatic rings. The molecule has 8 nitrogen and oxygen atoms in total. The van der Waals surface area contributed by atoms with Gasteiger partial charge in [-0.1, -0.05) is 26.0 Å². The van der Waals surface area contributed by atoms with Crippen molar-refractivity contribution in [3.05, 3.63) is 35.4 Å². The second-order valence-electron chi connectivity index (χ2n) is 6.00. The van der Waals surface area contributed by atoms with Crippen LogP contribution in [-0.2, 0) is 25.1 Å². The summed E-state index contributed by atoms with van der Waals surface area (Å²) in [6, 6.07) is 5.17. The first-order chi connectivity index (χ1) is 11.6. The summed E-state index contributed by atoms with van der Waals surface area (Å²) >= 11 is 0. The zero-order valence-electron chi connectivity index (χ0n) is 14.4. The number of amides is 3. The molecular formula is C16H22N2O6S. The highest BCUT2D eigenvalue weighted by Crippen LogP contribution is 2.09. The maximum absolute atomic E-state index is 11.8. The molecule has 0 heterocycles. The zero-order valence-corrected chi connectivity index (χ0v) is 15.2. The lowest BCUT2D eigenvalue weighted by Gasteiger charge is -2.09. The molecule has 0 aliphatic heterocycles. The molecule has 0 unspecified atom stereocenters. The third kappa shape index (κ3) is 8.85. The van der Waals surface area contributed by atoms with Gasteiger partial charge in [-0.25, -0.2) is 18.0 Å². The van der Waals surface area contributed by atoms with E-state index in [2.05, 4.69) is 5.32 Å². The van der Waals surface area contributed by atoms with Crippen molar-refractivity contribution in [1.82, 2.24) is 10.6 Å². The largest absolute Gasteiger partial charge is 0.452 e. The predicted octanol–water partition coefficient (Wildman–Crippen LogP) is 0.870. The summed E-state index contributed by atoms with van der Waals surface area (Å²) in [7, 11) is -3.16. The minimum Gasteiger partial charge on any atom is -0.452 e. The van der Waals surface area contributed by atoms with Crippen LogP contribution in [0.4, 0.5) is 4.79 Å². The quantitative estimate of drug-likeness (QED) is 0.688. The van der Waals surface area contributed by atoms with Gasteiger partial charge in [-0.05, 0) is 23.6 Å². The summed E-state index contributed by atoms with van der Waals surface area (Å²) in [6.45, 7) is 3.63. The van der Waals surface area contributed by atoms with Crippen molar-refractivity contribution < 1.29 is 27.5 Å². The minimum atomic E-state index is -3.16. The summed E-state index contributed by atoms with van der Waals surface area (Å²) in [5, 5.41) is 4.54. The lowest BCUT2D eigenvalue weighted by atomic mass is 10.1. The SMILES string of the molecule is CC(C)CNC(=O)NC(=O)COC(=O)c1ccc(CS(C)(=O)=O)cc1. The Labute approximate surface area is 146 Å². The number of rotatable bonds is 7. The van der Waals surface area contributed by atoms with Crippen LogP contribution in [0.25, 0.3) is 0 Å². The van der Waals surface area contributed by atoms with E-state index in [-0.39, 0.29) is 17.2 Å². The van der Waals surface area contributed by atoms with Gasteiger partial charge in [0.15, 0.2) is 16.4 Å². The summed E-state index contributed by atoms with van der Waals surface area (Å²) < 4.78 is 27.2. The molecule has 0 bridgehead atoms. The smallest absolute Gasteiger partial charge is 0.338 e. The number of ether oxygens (including phenoxy) is 1. The van der Waals surface area contributed by atoms with Crippen LogP contribution in [0.3, 0.4) is 0 Å². The molecule has 0 saturated carbocycles. The number of carbonyl (C=O) groups is 3. The summed E-state index contributed by atoms with van der Waals surface area (Å²) in [5.74, 6) is -1.38. The Balaban J connectivity index is 2.46. The van der Waals surface area contributed by atoms with Crippen molar-refractivity contribution in [2.24, 2.45) is 5.92 Å². The molecule has 0 aliphatic rings. The monoisotopic (exact) mass is 370 g/mol. The second kappa shape index (κ2) is 9.16. The van der Waals surface area contributed by atoms with Gasteiger partial charge in [0, 0.05) is 12.8 Å². The molecule has 0 atom stereocenters. The van der Waals surface area contributed by atoms with Crippen LogP contribution in [0.2, 0.25) is 0 Å². The van der Waals surface area contributed by atoms with E-state index >= 15 is 0 Å². The summed E-state index contributed by atoms with van der Waals surface area (Å²) in [5.41, 5.74) is 0.716. The van der Waals surface area contributed by atoms with Gasteiger partial charge in [0.25, 0.3) is 5.91 Å². The van der Waals surface area contributed by atoms with Crippen LogP contribution in [0.15, 0.2) is 24.3 Å². The van der Waals surface area contributed by atoms with Gasteiger partial charge in [-0.15, -0.1) is 0 Å². The average molecular weight is 370 g/mol. The van der Waals surface area contributed by atoms with E-state index in [0.717, 1.165) is 6.26 Å². The van der Waals surface area contributed by atoms with Crippen molar-refractivity contribution in [2.45, 2.75) is 19.6 Å². The Hall–Kier alpha value is -2.42. The number of imide groups is 1. The van der Waals surface area contributed by atoms with E-state index in [1.165, 1.54) is 24.3 Å². The van der Waals surface area contributed by atoms with Crippen molar-refractivity contribution in [2.75, 3.05) is 19.4 Å². The minimum absolute atomic E-state index is 0.129. The fraction of sp³-hybridized carbons (Fsp3) is 0.438. The molecule has 1 rings (SSSR count). The third-order valence-corrected chi connectivity index (χ3v) is 3.73. The lowest BCUT2D eigenvalue weighted by Crippen LogP contribution is -2.42. The number of esters is 1. The first-order valence-electron chi connectivity index (χ1n) is 7.58. The van der Waals surface area contributed by atoms with Gasteiger partial charge in [0.2, 0.25) is 0 Å². The molecule has 138 valence electrons. The molecule has 3 amide bonds. The lowest BCUT2D eigenvalue weighted by molar-refractivity contribution is -0.123. The van der Waals surface area contributed by atoms with Gasteiger partial charge in [-0.2, -0.15) is 0 Å². The van der Waals surface area contributed by atoms with Crippen LogP contribution in [0.1, 0.15) is 29.8 Å². The van der Waals surface area contributed by atoms with Crippen LogP contribution < -0.4 is 10.6 Å². The van der Waals surface area contributed by atoms with Crippen molar-refractivity contribution >= 4 is 27.7 Å². The maximum atomic E-state index is 11.8. The van der Waals surface area contributed by atoms with Crippen LogP contribution in [-0.4, -0.2) is 45.7 Å². The first-order valence-corrected chi connectivity index (χ1v) is 9.64. The van der Waals surface area contributed by atoms with Crippen molar-refractivity contribution in [1.29, 1.82) is 0 Å². The maximum Gasteiger partial charge on any atom is 0.338 e. The van der Waals surface area contributed by atoms with E-state index in [9.17, 15) is 22.8 Å². The molecular weight excluding hydrogens is 348 g/mol. The van der Waals surface area contributed by atoms with Crippen molar-refractivity contribution in [3.8, 4) is 0 Å². The third-order valence-electron chi connectivity index (χ3n) is 2.88. The molecule has 2 N–H and O–H groups in total. The zero-order chi connectivity index (χ0) is 19.0. The molecule has 0 aliphatic carbocycles. The molecule has 9 heteroatoms. The summed E-state index contributed by atoms with van der Waals surface area (Å²) in [4.78, 5) is 34.7. The summed E-state index contributed by atoms with van der Waals surface area (Å²) in [6.07, 6.45) is 1.12. The van der Waals surface area contributed by atoms with Gasteiger partial charge in [-0.3, -0.25) is 10.1 Å². The molecule has 1 aromatic carbocycles. The highest BCUT2D eigenvalue weighted by molar-refractivity contribution is 7.89. The van der Waals surface area contributed by atoms with Crippen LogP contribution >= 0.6 is 0 Å². The first kappa shape index (κ1) is 20.6. The molecule has 25 heavy (non-hydrogen) atoms. The van der Waals surface area contributed by atoms with Crippen molar-refractivity contribution in [3.63, 3.8) is 0 Å². The Morgan fingerprint density at radius 3 is 2.24 bits per heavy atom. The van der Waals surface area contributed by atoms with E-state index in [1.54, 1.807) is 0 Å². The molecule has 0 spiro atoms. The normalized spacial score (nSPS) is 11.0. The number of hydrogen-bond donors (Lipinski definition) is 2. The molecule has 0 radical (unpaired) electrons. The fourth-order valence-electron chi connectivity index (χ4n) is 1.76. The number of sulfone groups is 1. The number of benzene rings is 1. The topological polar surface area (TPSA) is 119 Å². The molecule has 0 aromatic heterocycles. The molecule has 0 fully saturated rings. The number of urea groups is 1. The fourth-order valence-corrected chi connectivity index (χ4v) is 2.56. The number of carbonyl (C=O) groups excluding carboxylic acids is 3. The van der Waals surface area contributed by atoms with E-state index < -0.39 is 34.4 Å². The Morgan fingerprint density at radius 1 is 1.12 bits per heavy atom. The Kier molecular flexibility index (Phi) is 7.56. The van der Waals surface area contributed by atoms with Crippen LogP contribution in [0.5, 0.6) is 0 Å². The second-order valence-corrected chi connectivity index (χ2v) is 8.14. The predicted molar refractivity (Wildman–Crippen MR) is 91.7 cm³/mol. The number of hydrogen-bond acceptors (Lipinski definition) is 6. The Morgan fingerprint density at radius 2 is 1.72 bits per heavy atom. The molecule has 0 saturated heterocycles. The standard InChI is InChI=1S/C16H22N2O6S/c1-11(2)8-17-16(21)18-14(19)9-24-15(20)13-6-4-12(5-7-13)10-25(3,22)23/h4-7,11H,8-10H2,1-3H3,(H2,17,18,19,21). The number of nitrogens with one attached hydrogen (secondary N) is 2. The van der Waals surface area contributed by atoms with Gasteiger partial charge < -0.3 is 10.1 Å². The highest BCUT2D eigenvalue weighted by atomic mass is 32.2. The van der Waals surface area contributed by atoms with Gasteiger partial charge >= 0.3 is 12.0 Å². The highest BCUT2D eigenvalue weighted by Gasteiger charge is 2.13. The van der Waals surface area contributed by atoms with E-state index in [1.807, 2.05) is 19.2 Å². The van der Waals surface area contributed by atoms with Crippen LogP contribution in [0, 0.1) is 5.92 Å². The van der Waals surface area contributed by atoms with Gasteiger partial charge in [0.05, 0.1) is 11.3 Å². The van der Waals surface area contributed by atoms with E-state index in [4.69, 9.17) is 4.74 Å². The van der Waals surface area contributed by atoms with Gasteiger partial charge in [0.1, 0.15) is 0 Å². The van der Waals surface area contributed by atoms with E-state index in [0.29, 0.717) is 12.1 Å². The average Bonchev–Trinajstić information content (AvgIpc) is 2.50. The Bertz CT molecular complexity index is 725.